The highest BCUT2D eigenvalue weighted by Crippen LogP contribution is 2.20. The van der Waals surface area contributed by atoms with E-state index >= 15 is 0 Å². The predicted molar refractivity (Wildman–Crippen MR) is 92.9 cm³/mol. The Morgan fingerprint density at radius 2 is 2.04 bits per heavy atom. The number of primary sulfonamides is 1. The molecule has 0 saturated heterocycles. The number of carbonyl (C=O) groups is 1. The largest absolute Gasteiger partial charge is 0.345 e. The van der Waals surface area contributed by atoms with Crippen LogP contribution in [0.3, 0.4) is 0 Å². The summed E-state index contributed by atoms with van der Waals surface area (Å²) in [5.41, 5.74) is 2.02. The maximum absolute atomic E-state index is 12.3. The van der Waals surface area contributed by atoms with E-state index in [4.69, 9.17) is 5.14 Å². The molecule has 0 fully saturated rings. The minimum atomic E-state index is -3.80. The molecule has 3 aromatic rings. The van der Waals surface area contributed by atoms with Gasteiger partial charge in [0.2, 0.25) is 10.0 Å². The molecule has 0 spiro atoms. The zero-order valence-corrected chi connectivity index (χ0v) is 14.8. The first kappa shape index (κ1) is 17.3. The van der Waals surface area contributed by atoms with Crippen LogP contribution in [0.1, 0.15) is 28.9 Å². The van der Waals surface area contributed by atoms with Gasteiger partial charge in [-0.05, 0) is 30.7 Å². The molecule has 1 unspecified atom stereocenters. The summed E-state index contributed by atoms with van der Waals surface area (Å²) in [6.45, 7) is 1.84. The molecule has 2 heterocycles. The maximum atomic E-state index is 12.3. The number of nitrogens with one attached hydrogen (secondary N) is 1. The van der Waals surface area contributed by atoms with Crippen molar-refractivity contribution in [2.45, 2.75) is 17.2 Å². The van der Waals surface area contributed by atoms with Crippen LogP contribution in [0.4, 0.5) is 0 Å². The number of thiophene rings is 1. The lowest BCUT2D eigenvalue weighted by molar-refractivity contribution is 0.0940. The van der Waals surface area contributed by atoms with E-state index in [9.17, 15) is 13.2 Å². The Bertz CT molecular complexity index is 979. The number of sulfonamides is 1. The lowest BCUT2D eigenvalue weighted by Gasteiger charge is -2.14. The van der Waals surface area contributed by atoms with Crippen molar-refractivity contribution in [2.24, 2.45) is 5.14 Å². The number of hydrogen-bond acceptors (Lipinski definition) is 6. The Balaban J connectivity index is 1.70. The minimum Gasteiger partial charge on any atom is -0.345 e. The molecule has 25 heavy (non-hydrogen) atoms. The van der Waals surface area contributed by atoms with Gasteiger partial charge in [0, 0.05) is 5.38 Å². The molecule has 0 aliphatic rings. The third-order valence-corrected chi connectivity index (χ3v) is 5.93. The number of rotatable bonds is 5. The van der Waals surface area contributed by atoms with Crippen LogP contribution in [0.2, 0.25) is 0 Å². The molecule has 0 bridgehead atoms. The van der Waals surface area contributed by atoms with E-state index in [0.717, 1.165) is 22.6 Å². The molecule has 3 N–H and O–H groups in total. The fourth-order valence-corrected chi connectivity index (χ4v) is 3.79. The topological polar surface area (TPSA) is 120 Å². The van der Waals surface area contributed by atoms with Gasteiger partial charge in [-0.3, -0.25) is 4.79 Å². The number of amides is 1. The van der Waals surface area contributed by atoms with Gasteiger partial charge in [0.1, 0.15) is 16.9 Å². The van der Waals surface area contributed by atoms with Crippen molar-refractivity contribution in [3.8, 4) is 5.69 Å². The highest BCUT2D eigenvalue weighted by atomic mass is 32.2. The molecular weight excluding hydrogens is 362 g/mol. The van der Waals surface area contributed by atoms with E-state index in [1.54, 1.807) is 11.0 Å². The smallest absolute Gasteiger partial charge is 0.252 e. The summed E-state index contributed by atoms with van der Waals surface area (Å²) in [6, 6.07) is 8.52. The quantitative estimate of drug-likeness (QED) is 0.697. The second-order valence-corrected chi connectivity index (χ2v) is 8.03. The van der Waals surface area contributed by atoms with Crippen molar-refractivity contribution in [3.63, 3.8) is 0 Å². The average Bonchev–Trinajstić information content (AvgIpc) is 3.26. The summed E-state index contributed by atoms with van der Waals surface area (Å²) in [4.78, 5) is 16.2. The van der Waals surface area contributed by atoms with Crippen LogP contribution in [0.25, 0.3) is 5.69 Å². The minimum absolute atomic E-state index is 0.0394. The predicted octanol–water partition coefficient (Wildman–Crippen LogP) is 1.47. The summed E-state index contributed by atoms with van der Waals surface area (Å²) in [5.74, 6) is -0.362. The Morgan fingerprint density at radius 3 is 2.60 bits per heavy atom. The van der Waals surface area contributed by atoms with Crippen LogP contribution < -0.4 is 10.5 Å². The summed E-state index contributed by atoms with van der Waals surface area (Å²) in [6.07, 6.45) is 3.05. The molecule has 130 valence electrons. The van der Waals surface area contributed by atoms with Crippen LogP contribution >= 0.6 is 11.3 Å². The van der Waals surface area contributed by atoms with Crippen LogP contribution in [0.5, 0.6) is 0 Å². The van der Waals surface area contributed by atoms with Gasteiger partial charge < -0.3 is 5.32 Å². The van der Waals surface area contributed by atoms with Crippen LogP contribution in [-0.4, -0.2) is 29.1 Å². The standard InChI is InChI=1S/C15H15N5O3S2/c1-10(11-2-4-13(5-3-11)20-9-17-8-18-20)19-15(21)12-6-14(24-7-12)25(16,22)23/h2-10H,1H3,(H,19,21)(H2,16,22,23). The van der Waals surface area contributed by atoms with Crippen molar-refractivity contribution in [1.82, 2.24) is 20.1 Å². The van der Waals surface area contributed by atoms with Crippen molar-refractivity contribution >= 4 is 27.3 Å². The molecule has 3 rings (SSSR count). The molecule has 1 amide bonds. The van der Waals surface area contributed by atoms with E-state index in [2.05, 4.69) is 15.4 Å². The normalized spacial score (nSPS) is 12.7. The van der Waals surface area contributed by atoms with E-state index < -0.39 is 10.0 Å². The zero-order chi connectivity index (χ0) is 18.0. The molecule has 1 aromatic carbocycles. The fraction of sp³-hybridized carbons (Fsp3) is 0.133. The third-order valence-electron chi connectivity index (χ3n) is 3.54. The first-order valence-corrected chi connectivity index (χ1v) is 9.64. The van der Waals surface area contributed by atoms with Crippen molar-refractivity contribution in [2.75, 3.05) is 0 Å². The lowest BCUT2D eigenvalue weighted by atomic mass is 10.1. The first-order chi connectivity index (χ1) is 11.8. The summed E-state index contributed by atoms with van der Waals surface area (Å²) in [5, 5.41) is 13.4. The summed E-state index contributed by atoms with van der Waals surface area (Å²) in [7, 11) is -3.80. The second kappa shape index (κ2) is 6.75. The van der Waals surface area contributed by atoms with Crippen molar-refractivity contribution < 1.29 is 13.2 Å². The van der Waals surface area contributed by atoms with Gasteiger partial charge in [0.15, 0.2) is 0 Å². The van der Waals surface area contributed by atoms with Crippen LogP contribution in [-0.2, 0) is 10.0 Å². The molecule has 0 aliphatic heterocycles. The summed E-state index contributed by atoms with van der Waals surface area (Å²) >= 11 is 0.919. The fourth-order valence-electron chi connectivity index (χ4n) is 2.21. The number of aromatic nitrogens is 3. The van der Waals surface area contributed by atoms with Gasteiger partial charge in [0.05, 0.1) is 17.3 Å². The van der Waals surface area contributed by atoms with Gasteiger partial charge in [0.25, 0.3) is 5.91 Å². The number of carbonyl (C=O) groups excluding carboxylic acids is 1. The lowest BCUT2D eigenvalue weighted by Crippen LogP contribution is -2.26. The van der Waals surface area contributed by atoms with Gasteiger partial charge in [-0.15, -0.1) is 11.3 Å². The number of nitrogens with two attached hydrogens (primary N) is 1. The van der Waals surface area contributed by atoms with Crippen LogP contribution in [0, 0.1) is 0 Å². The highest BCUT2D eigenvalue weighted by Gasteiger charge is 2.17. The molecule has 0 radical (unpaired) electrons. The zero-order valence-electron chi connectivity index (χ0n) is 13.2. The molecule has 0 aliphatic carbocycles. The number of nitrogens with zero attached hydrogens (tertiary/aromatic N) is 3. The highest BCUT2D eigenvalue weighted by molar-refractivity contribution is 7.91. The third kappa shape index (κ3) is 3.92. The monoisotopic (exact) mass is 377 g/mol. The van der Waals surface area contributed by atoms with E-state index in [1.807, 2.05) is 31.2 Å². The Hall–Kier alpha value is -2.56. The Morgan fingerprint density at radius 1 is 1.32 bits per heavy atom. The summed E-state index contributed by atoms with van der Waals surface area (Å²) < 4.78 is 24.2. The molecule has 0 saturated carbocycles. The van der Waals surface area contributed by atoms with Gasteiger partial charge >= 0.3 is 0 Å². The average molecular weight is 377 g/mol. The van der Waals surface area contributed by atoms with Gasteiger partial charge in [-0.1, -0.05) is 12.1 Å². The number of hydrogen-bond donors (Lipinski definition) is 2. The van der Waals surface area contributed by atoms with Crippen molar-refractivity contribution in [1.29, 1.82) is 0 Å². The maximum Gasteiger partial charge on any atom is 0.252 e. The van der Waals surface area contributed by atoms with E-state index in [-0.39, 0.29) is 21.7 Å². The molecule has 10 heteroatoms. The van der Waals surface area contributed by atoms with E-state index in [1.165, 1.54) is 17.8 Å². The van der Waals surface area contributed by atoms with Crippen LogP contribution in [0.15, 0.2) is 52.6 Å². The Kier molecular flexibility index (Phi) is 4.66. The Labute approximate surface area is 148 Å². The second-order valence-electron chi connectivity index (χ2n) is 5.33. The molecule has 8 nitrogen and oxygen atoms in total. The molecule has 1 atom stereocenters. The van der Waals surface area contributed by atoms with Gasteiger partial charge in [-0.2, -0.15) is 5.10 Å². The SMILES string of the molecule is CC(NC(=O)c1csc(S(N)(=O)=O)c1)c1ccc(-n2cncn2)cc1. The van der Waals surface area contributed by atoms with Gasteiger partial charge in [-0.25, -0.2) is 23.2 Å². The first-order valence-electron chi connectivity index (χ1n) is 7.22. The molecule has 2 aromatic heterocycles. The molecular formula is C15H15N5O3S2. The number of benzene rings is 1. The van der Waals surface area contributed by atoms with Crippen molar-refractivity contribution in [3.05, 3.63) is 59.5 Å². The van der Waals surface area contributed by atoms with E-state index in [0.29, 0.717) is 0 Å².